The van der Waals surface area contributed by atoms with Crippen LogP contribution in [0.5, 0.6) is 5.75 Å². The van der Waals surface area contributed by atoms with Crippen LogP contribution in [0.4, 0.5) is 5.88 Å². The lowest BCUT2D eigenvalue weighted by Crippen LogP contribution is -2.34. The molecule has 0 N–H and O–H groups in total. The molecule has 4 rings (SSSR count). The number of benzene rings is 2. The van der Waals surface area contributed by atoms with Gasteiger partial charge in [0.05, 0.1) is 31.4 Å². The van der Waals surface area contributed by atoms with E-state index in [1.165, 1.54) is 0 Å². The van der Waals surface area contributed by atoms with E-state index in [2.05, 4.69) is 10.1 Å². The summed E-state index contributed by atoms with van der Waals surface area (Å²) in [6, 6.07) is 17.2. The molecule has 0 atom stereocenters. The van der Waals surface area contributed by atoms with Crippen molar-refractivity contribution >= 4 is 11.8 Å². The number of para-hydroxylation sites is 1. The Balaban J connectivity index is 1.72. The summed E-state index contributed by atoms with van der Waals surface area (Å²) < 4.78 is 16.6. The number of carbonyl (C=O) groups excluding carboxylic acids is 1. The molecule has 0 bridgehead atoms. The van der Waals surface area contributed by atoms with Crippen LogP contribution >= 0.6 is 0 Å². The summed E-state index contributed by atoms with van der Waals surface area (Å²) in [6.45, 7) is 3.07. The summed E-state index contributed by atoms with van der Waals surface area (Å²) in [5, 5.41) is 4.42. The average Bonchev–Trinajstić information content (AvgIpc) is 3.51. The van der Waals surface area contributed by atoms with Crippen LogP contribution in [0.2, 0.25) is 0 Å². The lowest BCUT2D eigenvalue weighted by Gasteiger charge is -2.25. The van der Waals surface area contributed by atoms with Gasteiger partial charge in [0.25, 0.3) is 5.91 Å². The normalized spacial score (nSPS) is 13.4. The third-order valence-electron chi connectivity index (χ3n) is 5.75. The topological polar surface area (TPSA) is 68.0 Å². The smallest absolute Gasteiger partial charge is 0.258 e. The van der Waals surface area contributed by atoms with Crippen LogP contribution in [-0.4, -0.2) is 56.4 Å². The fraction of sp³-hybridized carbons (Fsp3) is 0.360. The van der Waals surface area contributed by atoms with Gasteiger partial charge in [0.15, 0.2) is 0 Å². The van der Waals surface area contributed by atoms with Crippen molar-refractivity contribution in [1.29, 1.82) is 0 Å². The summed E-state index contributed by atoms with van der Waals surface area (Å²) in [5.74, 6) is 1.18. The maximum Gasteiger partial charge on any atom is 0.258 e. The Kier molecular flexibility index (Phi) is 7.07. The zero-order valence-corrected chi connectivity index (χ0v) is 18.6. The highest BCUT2D eigenvalue weighted by Crippen LogP contribution is 2.34. The van der Waals surface area contributed by atoms with Gasteiger partial charge >= 0.3 is 0 Å². The predicted molar refractivity (Wildman–Crippen MR) is 123 cm³/mol. The van der Waals surface area contributed by atoms with Gasteiger partial charge in [-0.3, -0.25) is 4.79 Å². The number of ether oxygens (including phenoxy) is 2. The molecule has 2 aromatic carbocycles. The Bertz CT molecular complexity index is 1030. The van der Waals surface area contributed by atoms with Gasteiger partial charge in [-0.2, -0.15) is 0 Å². The van der Waals surface area contributed by atoms with Crippen molar-refractivity contribution in [2.45, 2.75) is 19.4 Å². The minimum Gasteiger partial charge on any atom is -0.496 e. The van der Waals surface area contributed by atoms with E-state index >= 15 is 0 Å². The highest BCUT2D eigenvalue weighted by atomic mass is 16.5. The number of rotatable bonds is 9. The molecule has 2 heterocycles. The number of aromatic nitrogens is 1. The quantitative estimate of drug-likeness (QED) is 0.501. The van der Waals surface area contributed by atoms with E-state index < -0.39 is 0 Å². The molecule has 1 aromatic heterocycles. The van der Waals surface area contributed by atoms with Crippen LogP contribution in [0, 0.1) is 0 Å². The van der Waals surface area contributed by atoms with Crippen LogP contribution in [0.25, 0.3) is 11.3 Å². The van der Waals surface area contributed by atoms with Gasteiger partial charge in [-0.25, -0.2) is 0 Å². The van der Waals surface area contributed by atoms with Crippen LogP contribution in [0.1, 0.15) is 28.8 Å². The highest BCUT2D eigenvalue weighted by molar-refractivity contribution is 5.97. The van der Waals surface area contributed by atoms with Crippen LogP contribution < -0.4 is 9.64 Å². The molecule has 1 aliphatic heterocycles. The number of amides is 1. The van der Waals surface area contributed by atoms with Crippen LogP contribution in [0.15, 0.2) is 59.1 Å². The fourth-order valence-electron chi connectivity index (χ4n) is 4.07. The van der Waals surface area contributed by atoms with Crippen molar-refractivity contribution in [1.82, 2.24) is 10.1 Å². The van der Waals surface area contributed by atoms with Crippen molar-refractivity contribution in [2.75, 3.05) is 45.4 Å². The largest absolute Gasteiger partial charge is 0.496 e. The lowest BCUT2D eigenvalue weighted by molar-refractivity contribution is 0.0677. The molecule has 0 saturated carbocycles. The molecule has 0 unspecified atom stereocenters. The number of nitrogens with zero attached hydrogens (tertiary/aromatic N) is 3. The molecule has 7 heteroatoms. The molecule has 32 heavy (non-hydrogen) atoms. The van der Waals surface area contributed by atoms with Crippen molar-refractivity contribution in [3.05, 3.63) is 65.7 Å². The fourth-order valence-corrected chi connectivity index (χ4v) is 4.07. The van der Waals surface area contributed by atoms with Crippen molar-refractivity contribution in [3.8, 4) is 17.0 Å². The van der Waals surface area contributed by atoms with Gasteiger partial charge in [0, 0.05) is 32.3 Å². The van der Waals surface area contributed by atoms with Crippen LogP contribution in [0.3, 0.4) is 0 Å². The second-order valence-corrected chi connectivity index (χ2v) is 7.79. The number of methoxy groups -OCH3 is 2. The molecule has 1 aliphatic rings. The van der Waals surface area contributed by atoms with Crippen LogP contribution in [-0.2, 0) is 11.3 Å². The van der Waals surface area contributed by atoms with Gasteiger partial charge < -0.3 is 23.8 Å². The number of carbonyl (C=O) groups is 1. The van der Waals surface area contributed by atoms with Crippen molar-refractivity contribution < 1.29 is 18.8 Å². The molecule has 168 valence electrons. The molecular weight excluding hydrogens is 406 g/mol. The van der Waals surface area contributed by atoms with Gasteiger partial charge in [-0.05, 0) is 25.0 Å². The van der Waals surface area contributed by atoms with E-state index in [1.54, 1.807) is 31.3 Å². The van der Waals surface area contributed by atoms with Crippen molar-refractivity contribution in [3.63, 3.8) is 0 Å². The third-order valence-corrected chi connectivity index (χ3v) is 5.75. The summed E-state index contributed by atoms with van der Waals surface area (Å²) in [6.07, 6.45) is 2.24. The van der Waals surface area contributed by atoms with Crippen molar-refractivity contribution in [2.24, 2.45) is 0 Å². The van der Waals surface area contributed by atoms with Gasteiger partial charge in [0.1, 0.15) is 11.4 Å². The molecule has 0 radical (unpaired) electrons. The van der Waals surface area contributed by atoms with Gasteiger partial charge in [-0.15, -0.1) is 0 Å². The third kappa shape index (κ3) is 4.62. The van der Waals surface area contributed by atoms with E-state index in [4.69, 9.17) is 14.0 Å². The SMILES string of the molecule is COCCN(Cc1c(-c2ccccc2)noc1N1CCCC1)C(=O)c1ccccc1OC. The first-order valence-corrected chi connectivity index (χ1v) is 10.9. The monoisotopic (exact) mass is 435 g/mol. The Morgan fingerprint density at radius 2 is 1.78 bits per heavy atom. The van der Waals surface area contributed by atoms with E-state index in [1.807, 2.05) is 42.5 Å². The molecule has 3 aromatic rings. The summed E-state index contributed by atoms with van der Waals surface area (Å²) in [4.78, 5) is 17.6. The number of anilines is 1. The molecular formula is C25H29N3O4. The zero-order valence-electron chi connectivity index (χ0n) is 18.6. The maximum absolute atomic E-state index is 13.6. The first-order valence-electron chi connectivity index (χ1n) is 10.9. The molecule has 1 saturated heterocycles. The predicted octanol–water partition coefficient (Wildman–Crippen LogP) is 4.24. The maximum atomic E-state index is 13.6. The van der Waals surface area contributed by atoms with E-state index in [0.29, 0.717) is 31.0 Å². The number of hydrogen-bond donors (Lipinski definition) is 0. The van der Waals surface area contributed by atoms with E-state index in [0.717, 1.165) is 48.6 Å². The molecule has 7 nitrogen and oxygen atoms in total. The second-order valence-electron chi connectivity index (χ2n) is 7.79. The summed E-state index contributed by atoms with van der Waals surface area (Å²) in [5.41, 5.74) is 3.17. The Morgan fingerprint density at radius 3 is 2.50 bits per heavy atom. The highest BCUT2D eigenvalue weighted by Gasteiger charge is 2.28. The van der Waals surface area contributed by atoms with E-state index in [-0.39, 0.29) is 5.91 Å². The molecule has 1 fully saturated rings. The molecule has 0 spiro atoms. The average molecular weight is 436 g/mol. The molecule has 1 amide bonds. The summed E-state index contributed by atoms with van der Waals surface area (Å²) >= 11 is 0. The lowest BCUT2D eigenvalue weighted by atomic mass is 10.1. The first kappa shape index (κ1) is 21.9. The standard InChI is InChI=1S/C25H29N3O4/c1-30-17-16-28(24(29)20-12-6-7-13-22(20)31-2)18-21-23(19-10-4-3-5-11-19)26-32-25(21)27-14-8-9-15-27/h3-7,10-13H,8-9,14-18H2,1-2H3. The second kappa shape index (κ2) is 10.3. The number of hydrogen-bond acceptors (Lipinski definition) is 6. The zero-order chi connectivity index (χ0) is 22.3. The minimum atomic E-state index is -0.118. The minimum absolute atomic E-state index is 0.118. The molecule has 0 aliphatic carbocycles. The first-order chi connectivity index (χ1) is 15.7. The Hall–Kier alpha value is -3.32. The Morgan fingerprint density at radius 1 is 1.06 bits per heavy atom. The Labute approximate surface area is 188 Å². The summed E-state index contributed by atoms with van der Waals surface area (Å²) in [7, 11) is 3.21. The van der Waals surface area contributed by atoms with Gasteiger partial charge in [-0.1, -0.05) is 47.6 Å². The van der Waals surface area contributed by atoms with Gasteiger partial charge in [0.2, 0.25) is 5.88 Å². The van der Waals surface area contributed by atoms with E-state index in [9.17, 15) is 4.79 Å².